The topological polar surface area (TPSA) is 61.9 Å². The Morgan fingerprint density at radius 2 is 2.00 bits per heavy atom. The second-order valence-electron chi connectivity index (χ2n) is 8.28. The maximum atomic E-state index is 14.2. The number of carbonyl (C=O) groups is 2. The van der Waals surface area contributed by atoms with E-state index in [9.17, 15) is 14.0 Å². The minimum absolute atomic E-state index is 0.0539. The van der Waals surface area contributed by atoms with Crippen LogP contribution >= 0.6 is 11.8 Å². The van der Waals surface area contributed by atoms with Crippen molar-refractivity contribution in [2.75, 3.05) is 45.9 Å². The molecule has 1 aromatic rings. The molecule has 3 aliphatic rings. The van der Waals surface area contributed by atoms with Gasteiger partial charge >= 0.3 is 0 Å². The minimum atomic E-state index is -0.346. The smallest absolute Gasteiger partial charge is 0.261 e. The van der Waals surface area contributed by atoms with Gasteiger partial charge in [0.05, 0.1) is 18.1 Å². The van der Waals surface area contributed by atoms with Crippen molar-refractivity contribution in [3.05, 3.63) is 40.6 Å². The Balaban J connectivity index is 1.42. The van der Waals surface area contributed by atoms with Crippen LogP contribution in [0.25, 0.3) is 6.08 Å². The van der Waals surface area contributed by atoms with Crippen LogP contribution in [0, 0.1) is 5.82 Å². The predicted octanol–water partition coefficient (Wildman–Crippen LogP) is 2.50. The molecule has 0 spiro atoms. The lowest BCUT2D eigenvalue weighted by Gasteiger charge is -2.43. The van der Waals surface area contributed by atoms with E-state index in [0.717, 1.165) is 58.5 Å². The molecule has 0 aromatic heterocycles. The predicted molar refractivity (Wildman–Crippen MR) is 120 cm³/mol. The van der Waals surface area contributed by atoms with Gasteiger partial charge in [0.25, 0.3) is 5.91 Å². The van der Waals surface area contributed by atoms with Gasteiger partial charge in [-0.05, 0) is 25.0 Å². The molecule has 4 rings (SSSR count). The molecule has 2 aliphatic heterocycles. The number of ether oxygens (including phenoxy) is 1. The summed E-state index contributed by atoms with van der Waals surface area (Å²) in [7, 11) is 0. The quantitative estimate of drug-likeness (QED) is 0.679. The van der Waals surface area contributed by atoms with E-state index in [2.05, 4.69) is 10.2 Å². The first-order valence-electron chi connectivity index (χ1n) is 11.1. The highest BCUT2D eigenvalue weighted by Gasteiger charge is 2.41. The molecule has 0 bridgehead atoms. The standard InChI is InChI=1S/C23H30FN3O3S/c24-18-6-2-1-5-17(18)15-21-23(29)27(19-7-3-4-8-20(19)31-21)16-22(28)25-9-10-26-11-13-30-14-12-26/h1-2,5-6,15,19-20H,3-4,7-14,16H2,(H,25,28)/b21-15-. The Morgan fingerprint density at radius 3 is 2.81 bits per heavy atom. The van der Waals surface area contributed by atoms with Crippen LogP contribution in [-0.2, 0) is 14.3 Å². The molecule has 8 heteroatoms. The fourth-order valence-electron chi connectivity index (χ4n) is 4.48. The SMILES string of the molecule is O=C(CN1C(=O)/C(=C/c2ccccc2F)SC2CCCCC21)NCCN1CCOCC1. The van der Waals surface area contributed by atoms with Crippen molar-refractivity contribution in [2.45, 2.75) is 37.0 Å². The highest BCUT2D eigenvalue weighted by molar-refractivity contribution is 8.04. The Labute approximate surface area is 187 Å². The van der Waals surface area contributed by atoms with Gasteiger partial charge in [0.1, 0.15) is 12.4 Å². The number of rotatable bonds is 6. The van der Waals surface area contributed by atoms with E-state index in [1.54, 1.807) is 40.9 Å². The van der Waals surface area contributed by atoms with E-state index in [1.807, 2.05) is 0 Å². The zero-order valence-corrected chi connectivity index (χ0v) is 18.5. The van der Waals surface area contributed by atoms with Gasteiger partial charge in [0.2, 0.25) is 5.91 Å². The Kier molecular flexibility index (Phi) is 7.63. The van der Waals surface area contributed by atoms with Crippen molar-refractivity contribution in [3.63, 3.8) is 0 Å². The first-order valence-corrected chi connectivity index (χ1v) is 12.0. The molecule has 0 radical (unpaired) electrons. The van der Waals surface area contributed by atoms with E-state index < -0.39 is 0 Å². The third kappa shape index (κ3) is 5.67. The van der Waals surface area contributed by atoms with Crippen LogP contribution < -0.4 is 5.32 Å². The molecule has 1 saturated carbocycles. The third-order valence-electron chi connectivity index (χ3n) is 6.18. The van der Waals surface area contributed by atoms with E-state index in [-0.39, 0.29) is 35.5 Å². The van der Waals surface area contributed by atoms with Gasteiger partial charge in [0.15, 0.2) is 0 Å². The summed E-state index contributed by atoms with van der Waals surface area (Å²) in [5.74, 6) is -0.649. The van der Waals surface area contributed by atoms with E-state index in [1.165, 1.54) is 6.07 Å². The highest BCUT2D eigenvalue weighted by atomic mass is 32.2. The van der Waals surface area contributed by atoms with Crippen LogP contribution in [0.5, 0.6) is 0 Å². The molecule has 2 atom stereocenters. The Hall–Kier alpha value is -1.90. The molecule has 6 nitrogen and oxygen atoms in total. The zero-order chi connectivity index (χ0) is 21.6. The molecule has 3 fully saturated rings. The summed E-state index contributed by atoms with van der Waals surface area (Å²) in [6.07, 6.45) is 5.74. The summed E-state index contributed by atoms with van der Waals surface area (Å²) < 4.78 is 19.5. The van der Waals surface area contributed by atoms with Crippen molar-refractivity contribution in [1.29, 1.82) is 0 Å². The summed E-state index contributed by atoms with van der Waals surface area (Å²) in [4.78, 5) is 30.4. The van der Waals surface area contributed by atoms with Crippen LogP contribution in [-0.4, -0.2) is 78.8 Å². The van der Waals surface area contributed by atoms with Gasteiger partial charge in [-0.15, -0.1) is 11.8 Å². The molecule has 1 N–H and O–H groups in total. The van der Waals surface area contributed by atoms with Gasteiger partial charge in [-0.25, -0.2) is 4.39 Å². The van der Waals surface area contributed by atoms with E-state index >= 15 is 0 Å². The van der Waals surface area contributed by atoms with Gasteiger partial charge < -0.3 is 15.0 Å². The van der Waals surface area contributed by atoms with Gasteiger partial charge in [0, 0.05) is 43.0 Å². The average Bonchev–Trinajstić information content (AvgIpc) is 2.79. The fourth-order valence-corrected chi connectivity index (χ4v) is 5.95. The number of hydrogen-bond donors (Lipinski definition) is 1. The number of hydrogen-bond acceptors (Lipinski definition) is 5. The monoisotopic (exact) mass is 447 g/mol. The number of amides is 2. The molecule has 2 unspecified atom stereocenters. The average molecular weight is 448 g/mol. The third-order valence-corrected chi connectivity index (χ3v) is 7.58. The second-order valence-corrected chi connectivity index (χ2v) is 9.56. The minimum Gasteiger partial charge on any atom is -0.379 e. The first kappa shape index (κ1) is 22.3. The van der Waals surface area contributed by atoms with Crippen LogP contribution in [0.1, 0.15) is 31.2 Å². The number of nitrogens with one attached hydrogen (secondary N) is 1. The number of thioether (sulfide) groups is 1. The van der Waals surface area contributed by atoms with Crippen molar-refractivity contribution in [1.82, 2.24) is 15.1 Å². The van der Waals surface area contributed by atoms with Gasteiger partial charge in [-0.3, -0.25) is 14.5 Å². The lowest BCUT2D eigenvalue weighted by Crippen LogP contribution is -2.54. The first-order chi connectivity index (χ1) is 15.1. The summed E-state index contributed by atoms with van der Waals surface area (Å²) in [6.45, 7) is 4.61. The van der Waals surface area contributed by atoms with Crippen molar-refractivity contribution in [3.8, 4) is 0 Å². The van der Waals surface area contributed by atoms with Gasteiger partial charge in [-0.2, -0.15) is 0 Å². The van der Waals surface area contributed by atoms with Crippen LogP contribution in [0.4, 0.5) is 4.39 Å². The molecule has 2 amide bonds. The molecular formula is C23H30FN3O3S. The number of morpholine rings is 1. The number of nitrogens with zero attached hydrogens (tertiary/aromatic N) is 2. The Morgan fingerprint density at radius 1 is 1.23 bits per heavy atom. The number of fused-ring (bicyclic) bond motifs is 1. The van der Waals surface area contributed by atoms with E-state index in [0.29, 0.717) is 17.0 Å². The van der Waals surface area contributed by atoms with Crippen LogP contribution in [0.2, 0.25) is 0 Å². The van der Waals surface area contributed by atoms with Crippen molar-refractivity contribution >= 4 is 29.7 Å². The van der Waals surface area contributed by atoms with Gasteiger partial charge in [-0.1, -0.05) is 31.0 Å². The summed E-state index contributed by atoms with van der Waals surface area (Å²) in [5.41, 5.74) is 0.405. The highest BCUT2D eigenvalue weighted by Crippen LogP contribution is 2.42. The maximum absolute atomic E-state index is 14.2. The second kappa shape index (κ2) is 10.6. The maximum Gasteiger partial charge on any atom is 0.261 e. The Bertz CT molecular complexity index is 828. The van der Waals surface area contributed by atoms with Crippen molar-refractivity contribution in [2.24, 2.45) is 0 Å². The normalized spacial score (nSPS) is 26.0. The zero-order valence-electron chi connectivity index (χ0n) is 17.7. The molecule has 168 valence electrons. The molecule has 31 heavy (non-hydrogen) atoms. The largest absolute Gasteiger partial charge is 0.379 e. The lowest BCUT2D eigenvalue weighted by molar-refractivity contribution is -0.135. The molecule has 1 aromatic carbocycles. The fraction of sp³-hybridized carbons (Fsp3) is 0.565. The molecule has 2 saturated heterocycles. The van der Waals surface area contributed by atoms with Crippen LogP contribution in [0.15, 0.2) is 29.2 Å². The molecule has 2 heterocycles. The lowest BCUT2D eigenvalue weighted by atomic mass is 9.93. The number of benzene rings is 1. The van der Waals surface area contributed by atoms with Crippen molar-refractivity contribution < 1.29 is 18.7 Å². The van der Waals surface area contributed by atoms with E-state index in [4.69, 9.17) is 4.74 Å². The van der Waals surface area contributed by atoms with Crippen LogP contribution in [0.3, 0.4) is 0 Å². The number of carbonyl (C=O) groups excluding carboxylic acids is 2. The summed E-state index contributed by atoms with van der Waals surface area (Å²) in [5, 5.41) is 3.22. The number of halogens is 1. The summed E-state index contributed by atoms with van der Waals surface area (Å²) in [6, 6.07) is 6.53. The molecular weight excluding hydrogens is 417 g/mol. The summed E-state index contributed by atoms with van der Waals surface area (Å²) >= 11 is 1.55. The molecule has 1 aliphatic carbocycles.